The first-order chi connectivity index (χ1) is 9.19. The van der Waals surface area contributed by atoms with Gasteiger partial charge in [0, 0.05) is 13.0 Å². The van der Waals surface area contributed by atoms with Crippen molar-refractivity contribution >= 4 is 11.8 Å². The second kappa shape index (κ2) is 4.75. The molecule has 1 aromatic rings. The number of nitrogens with zero attached hydrogens (tertiary/aromatic N) is 3. The molecule has 19 heavy (non-hydrogen) atoms. The molecule has 0 unspecified atom stereocenters. The molecule has 1 aromatic heterocycles. The highest BCUT2D eigenvalue weighted by atomic mass is 16.7. The lowest BCUT2D eigenvalue weighted by Crippen LogP contribution is -2.49. The second-order valence-electron chi connectivity index (χ2n) is 4.71. The van der Waals surface area contributed by atoms with Gasteiger partial charge in [-0.3, -0.25) is 0 Å². The van der Waals surface area contributed by atoms with Crippen LogP contribution in [0.15, 0.2) is 12.1 Å². The van der Waals surface area contributed by atoms with Crippen molar-refractivity contribution in [2.24, 2.45) is 0 Å². The van der Waals surface area contributed by atoms with Crippen LogP contribution in [0.4, 0.5) is 5.82 Å². The van der Waals surface area contributed by atoms with Crippen LogP contribution in [0.3, 0.4) is 0 Å². The molecule has 0 radical (unpaired) electrons. The Bertz CT molecular complexity index is 470. The van der Waals surface area contributed by atoms with Crippen LogP contribution in [0.25, 0.3) is 0 Å². The van der Waals surface area contributed by atoms with E-state index >= 15 is 0 Å². The fraction of sp³-hybridized carbons (Fsp3) is 0.583. The molecule has 0 aliphatic carbocycles. The van der Waals surface area contributed by atoms with E-state index < -0.39 is 11.8 Å². The number of carboxylic acid groups (broad SMARTS) is 1. The van der Waals surface area contributed by atoms with Gasteiger partial charge >= 0.3 is 5.97 Å². The maximum atomic E-state index is 10.7. The molecule has 3 heterocycles. The number of rotatable bonds is 2. The molecule has 0 bridgehead atoms. The van der Waals surface area contributed by atoms with E-state index in [1.165, 1.54) is 6.07 Å². The van der Waals surface area contributed by atoms with Crippen molar-refractivity contribution in [3.8, 4) is 0 Å². The van der Waals surface area contributed by atoms with Crippen LogP contribution in [0, 0.1) is 0 Å². The highest BCUT2D eigenvalue weighted by Gasteiger charge is 2.41. The van der Waals surface area contributed by atoms with Gasteiger partial charge in [0.15, 0.2) is 17.3 Å². The Morgan fingerprint density at radius 2 is 2.11 bits per heavy atom. The third kappa shape index (κ3) is 2.39. The number of aromatic carboxylic acids is 1. The summed E-state index contributed by atoms with van der Waals surface area (Å²) in [6.45, 7) is 2.69. The molecule has 0 amide bonds. The molecule has 3 rings (SSSR count). The fourth-order valence-corrected chi connectivity index (χ4v) is 2.52. The first kappa shape index (κ1) is 12.3. The van der Waals surface area contributed by atoms with E-state index in [1.807, 2.05) is 4.90 Å². The van der Waals surface area contributed by atoms with Crippen LogP contribution < -0.4 is 4.90 Å². The summed E-state index contributed by atoms with van der Waals surface area (Å²) in [6.07, 6.45) is 1.83. The molecule has 2 aliphatic heterocycles. The van der Waals surface area contributed by atoms with Crippen molar-refractivity contribution in [1.82, 2.24) is 10.2 Å². The molecule has 0 saturated carbocycles. The van der Waals surface area contributed by atoms with E-state index in [-0.39, 0.29) is 5.69 Å². The number of piperidine rings is 1. The third-order valence-electron chi connectivity index (χ3n) is 3.42. The number of ether oxygens (including phenoxy) is 2. The van der Waals surface area contributed by atoms with Crippen molar-refractivity contribution in [2.45, 2.75) is 18.6 Å². The SMILES string of the molecule is O=C(O)c1ccc(N2CCCC3(C2)OCCO3)nn1. The van der Waals surface area contributed by atoms with Crippen molar-refractivity contribution in [3.63, 3.8) is 0 Å². The zero-order chi connectivity index (χ0) is 13.3. The minimum atomic E-state index is -1.07. The van der Waals surface area contributed by atoms with Gasteiger partial charge in [0.05, 0.1) is 19.8 Å². The Hall–Kier alpha value is -1.73. The van der Waals surface area contributed by atoms with Crippen LogP contribution in [0.5, 0.6) is 0 Å². The van der Waals surface area contributed by atoms with Crippen molar-refractivity contribution in [3.05, 3.63) is 17.8 Å². The summed E-state index contributed by atoms with van der Waals surface area (Å²) in [5.41, 5.74) is -0.0520. The van der Waals surface area contributed by atoms with Crippen LogP contribution in [-0.4, -0.2) is 53.4 Å². The molecule has 1 spiro atoms. The largest absolute Gasteiger partial charge is 0.476 e. The third-order valence-corrected chi connectivity index (χ3v) is 3.42. The van der Waals surface area contributed by atoms with E-state index in [0.717, 1.165) is 19.4 Å². The zero-order valence-corrected chi connectivity index (χ0v) is 10.4. The topological polar surface area (TPSA) is 84.8 Å². The van der Waals surface area contributed by atoms with Crippen LogP contribution in [0.1, 0.15) is 23.3 Å². The predicted octanol–water partition coefficient (Wildman–Crippen LogP) is 0.518. The van der Waals surface area contributed by atoms with E-state index in [9.17, 15) is 4.79 Å². The molecular formula is C12H15N3O4. The maximum absolute atomic E-state index is 10.7. The molecule has 7 nitrogen and oxygen atoms in total. The molecule has 0 atom stereocenters. The van der Waals surface area contributed by atoms with Gasteiger partial charge in [0.25, 0.3) is 0 Å². The summed E-state index contributed by atoms with van der Waals surface area (Å²) >= 11 is 0. The maximum Gasteiger partial charge on any atom is 0.356 e. The Kier molecular flexibility index (Phi) is 3.08. The van der Waals surface area contributed by atoms with Crippen LogP contribution in [0.2, 0.25) is 0 Å². The summed E-state index contributed by atoms with van der Waals surface area (Å²) in [7, 11) is 0. The molecule has 0 aromatic carbocycles. The summed E-state index contributed by atoms with van der Waals surface area (Å²) in [4.78, 5) is 12.8. The molecule has 102 valence electrons. The summed E-state index contributed by atoms with van der Waals surface area (Å²) in [6, 6.07) is 3.13. The van der Waals surface area contributed by atoms with E-state index in [4.69, 9.17) is 14.6 Å². The van der Waals surface area contributed by atoms with Gasteiger partial charge in [0.2, 0.25) is 0 Å². The molecule has 7 heteroatoms. The first-order valence-corrected chi connectivity index (χ1v) is 6.28. The standard InChI is InChI=1S/C12H15N3O4/c16-11(17)9-2-3-10(14-13-9)15-5-1-4-12(8-15)18-6-7-19-12/h2-3H,1,4-8H2,(H,16,17). The van der Waals surface area contributed by atoms with Crippen LogP contribution >= 0.6 is 0 Å². The number of hydrogen-bond acceptors (Lipinski definition) is 6. The van der Waals surface area contributed by atoms with E-state index in [1.54, 1.807) is 6.07 Å². The molecule has 2 fully saturated rings. The van der Waals surface area contributed by atoms with Crippen molar-refractivity contribution in [1.29, 1.82) is 0 Å². The lowest BCUT2D eigenvalue weighted by molar-refractivity contribution is -0.161. The summed E-state index contributed by atoms with van der Waals surface area (Å²) < 4.78 is 11.4. The quantitative estimate of drug-likeness (QED) is 0.834. The minimum Gasteiger partial charge on any atom is -0.476 e. The first-order valence-electron chi connectivity index (χ1n) is 6.28. The highest BCUT2D eigenvalue weighted by molar-refractivity contribution is 5.85. The number of anilines is 1. The summed E-state index contributed by atoms with van der Waals surface area (Å²) in [5, 5.41) is 16.5. The molecular weight excluding hydrogens is 250 g/mol. The zero-order valence-electron chi connectivity index (χ0n) is 10.4. The molecule has 2 aliphatic rings. The average molecular weight is 265 g/mol. The lowest BCUT2D eigenvalue weighted by atomic mass is 10.0. The Morgan fingerprint density at radius 1 is 1.32 bits per heavy atom. The predicted molar refractivity (Wildman–Crippen MR) is 65.1 cm³/mol. The minimum absolute atomic E-state index is 0.0520. The fourth-order valence-electron chi connectivity index (χ4n) is 2.52. The number of carboxylic acids is 1. The monoisotopic (exact) mass is 265 g/mol. The van der Waals surface area contributed by atoms with E-state index in [2.05, 4.69) is 10.2 Å². The number of aromatic nitrogens is 2. The van der Waals surface area contributed by atoms with E-state index in [0.29, 0.717) is 25.6 Å². The van der Waals surface area contributed by atoms with Gasteiger partial charge in [-0.15, -0.1) is 10.2 Å². The molecule has 1 N–H and O–H groups in total. The number of carbonyl (C=O) groups is 1. The van der Waals surface area contributed by atoms with Crippen LogP contribution in [-0.2, 0) is 9.47 Å². The summed E-state index contributed by atoms with van der Waals surface area (Å²) in [5.74, 6) is -0.939. The Morgan fingerprint density at radius 3 is 2.74 bits per heavy atom. The van der Waals surface area contributed by atoms with Gasteiger partial charge < -0.3 is 19.5 Å². The normalized spacial score (nSPS) is 21.8. The Labute approximate surface area is 110 Å². The van der Waals surface area contributed by atoms with Crippen molar-refractivity contribution < 1.29 is 19.4 Å². The van der Waals surface area contributed by atoms with Gasteiger partial charge in [-0.05, 0) is 18.6 Å². The van der Waals surface area contributed by atoms with Gasteiger partial charge in [0.1, 0.15) is 0 Å². The van der Waals surface area contributed by atoms with Gasteiger partial charge in [-0.25, -0.2) is 4.79 Å². The van der Waals surface area contributed by atoms with Gasteiger partial charge in [-0.1, -0.05) is 0 Å². The highest BCUT2D eigenvalue weighted by Crippen LogP contribution is 2.31. The lowest BCUT2D eigenvalue weighted by Gasteiger charge is -2.38. The van der Waals surface area contributed by atoms with Gasteiger partial charge in [-0.2, -0.15) is 0 Å². The average Bonchev–Trinajstić information content (AvgIpc) is 2.87. The Balaban J connectivity index is 1.76. The molecule has 2 saturated heterocycles. The smallest absolute Gasteiger partial charge is 0.356 e. The van der Waals surface area contributed by atoms with Crippen molar-refractivity contribution in [2.75, 3.05) is 31.2 Å². The second-order valence-corrected chi connectivity index (χ2v) is 4.71. The number of hydrogen-bond donors (Lipinski definition) is 1.